The molecule has 1 saturated carbocycles. The molecule has 2 heterocycles. The van der Waals surface area contributed by atoms with Crippen molar-refractivity contribution in [1.82, 2.24) is 4.98 Å². The Morgan fingerprint density at radius 3 is 2.85 bits per heavy atom. The summed E-state index contributed by atoms with van der Waals surface area (Å²) in [5, 5.41) is 3.61. The van der Waals surface area contributed by atoms with Crippen LogP contribution in [0.5, 0.6) is 0 Å². The molecule has 1 aliphatic heterocycles. The highest BCUT2D eigenvalue weighted by Gasteiger charge is 2.24. The Balaban J connectivity index is 1.42. The summed E-state index contributed by atoms with van der Waals surface area (Å²) in [7, 11) is 0. The third-order valence-electron chi connectivity index (χ3n) is 5.47. The van der Waals surface area contributed by atoms with Gasteiger partial charge in [0, 0.05) is 37.1 Å². The van der Waals surface area contributed by atoms with Gasteiger partial charge in [0.05, 0.1) is 13.2 Å². The van der Waals surface area contributed by atoms with Gasteiger partial charge in [0.15, 0.2) is 0 Å². The van der Waals surface area contributed by atoms with E-state index in [0.29, 0.717) is 12.0 Å². The average molecular weight is 355 g/mol. The number of halogens is 1. The molecule has 1 N–H and O–H groups in total. The van der Waals surface area contributed by atoms with Gasteiger partial charge in [-0.2, -0.15) is 0 Å². The van der Waals surface area contributed by atoms with Gasteiger partial charge in [-0.15, -0.1) is 0 Å². The molecular weight excluding hydrogens is 329 g/mol. The Bertz CT molecular complexity index is 733. The van der Waals surface area contributed by atoms with E-state index >= 15 is 0 Å². The second-order valence-corrected chi connectivity index (χ2v) is 7.26. The number of nitrogens with zero attached hydrogens (tertiary/aromatic N) is 2. The minimum absolute atomic E-state index is 0.141. The first-order valence-electron chi connectivity index (χ1n) is 9.59. The first kappa shape index (κ1) is 17.3. The topological polar surface area (TPSA) is 37.4 Å². The maximum absolute atomic E-state index is 13.5. The fourth-order valence-electron chi connectivity index (χ4n) is 4.11. The number of rotatable bonds is 4. The molecule has 2 atom stereocenters. The molecule has 4 nitrogen and oxygen atoms in total. The summed E-state index contributed by atoms with van der Waals surface area (Å²) in [5.41, 5.74) is 2.31. The minimum atomic E-state index is -0.141. The smallest absolute Gasteiger partial charge is 0.128 e. The van der Waals surface area contributed by atoms with Gasteiger partial charge in [-0.05, 0) is 48.9 Å². The van der Waals surface area contributed by atoms with E-state index in [1.807, 2.05) is 18.3 Å². The lowest BCUT2D eigenvalue weighted by Crippen LogP contribution is -2.36. The Hall–Kier alpha value is -2.14. The van der Waals surface area contributed by atoms with Crippen molar-refractivity contribution in [3.05, 3.63) is 54.0 Å². The van der Waals surface area contributed by atoms with Gasteiger partial charge in [0.1, 0.15) is 11.6 Å². The van der Waals surface area contributed by atoms with Crippen molar-refractivity contribution in [3.8, 4) is 0 Å². The number of nitrogens with one attached hydrogen (secondary N) is 1. The summed E-state index contributed by atoms with van der Waals surface area (Å²) in [6.45, 7) is 3.41. The highest BCUT2D eigenvalue weighted by molar-refractivity contribution is 5.54. The van der Waals surface area contributed by atoms with E-state index in [1.165, 1.54) is 11.8 Å². The molecular formula is C21H26FN3O. The molecule has 0 spiro atoms. The second kappa shape index (κ2) is 8.04. The fourth-order valence-corrected chi connectivity index (χ4v) is 4.11. The lowest BCUT2D eigenvalue weighted by molar-refractivity contribution is 0.122. The maximum Gasteiger partial charge on any atom is 0.128 e. The summed E-state index contributed by atoms with van der Waals surface area (Å²) >= 11 is 0. The van der Waals surface area contributed by atoms with Crippen LogP contribution < -0.4 is 10.2 Å². The first-order valence-corrected chi connectivity index (χ1v) is 9.59. The third kappa shape index (κ3) is 4.15. The summed E-state index contributed by atoms with van der Waals surface area (Å²) in [6.07, 6.45) is 6.31. The minimum Gasteiger partial charge on any atom is -0.378 e. The van der Waals surface area contributed by atoms with Crippen LogP contribution in [0, 0.1) is 5.82 Å². The number of hydrogen-bond donors (Lipinski definition) is 1. The number of benzene rings is 1. The van der Waals surface area contributed by atoms with Crippen LogP contribution in [0.15, 0.2) is 42.6 Å². The molecule has 26 heavy (non-hydrogen) atoms. The van der Waals surface area contributed by atoms with Crippen LogP contribution in [-0.4, -0.2) is 37.3 Å². The lowest BCUT2D eigenvalue weighted by atomic mass is 9.81. The number of anilines is 2. The van der Waals surface area contributed by atoms with Gasteiger partial charge >= 0.3 is 0 Å². The van der Waals surface area contributed by atoms with Gasteiger partial charge in [0.25, 0.3) is 0 Å². The van der Waals surface area contributed by atoms with Crippen LogP contribution in [0.1, 0.15) is 37.2 Å². The summed E-state index contributed by atoms with van der Waals surface area (Å²) in [6, 6.07) is 11.6. The Kier molecular flexibility index (Phi) is 5.34. The second-order valence-electron chi connectivity index (χ2n) is 7.26. The largest absolute Gasteiger partial charge is 0.378 e. The molecule has 2 aromatic rings. The molecule has 0 unspecified atom stereocenters. The van der Waals surface area contributed by atoms with E-state index < -0.39 is 0 Å². The van der Waals surface area contributed by atoms with Gasteiger partial charge in [0.2, 0.25) is 0 Å². The van der Waals surface area contributed by atoms with Crippen molar-refractivity contribution in [2.45, 2.75) is 37.6 Å². The number of morpholine rings is 1. The van der Waals surface area contributed by atoms with Crippen LogP contribution in [-0.2, 0) is 4.74 Å². The summed E-state index contributed by atoms with van der Waals surface area (Å²) in [5.74, 6) is 1.20. The quantitative estimate of drug-likeness (QED) is 0.892. The van der Waals surface area contributed by atoms with Crippen molar-refractivity contribution >= 4 is 11.5 Å². The summed E-state index contributed by atoms with van der Waals surface area (Å²) in [4.78, 5) is 6.85. The molecule has 1 aromatic heterocycles. The molecule has 5 heteroatoms. The van der Waals surface area contributed by atoms with E-state index in [-0.39, 0.29) is 5.82 Å². The van der Waals surface area contributed by atoms with Gasteiger partial charge in [-0.1, -0.05) is 18.6 Å². The normalized spacial score (nSPS) is 23.7. The average Bonchev–Trinajstić information content (AvgIpc) is 2.69. The highest BCUT2D eigenvalue weighted by Crippen LogP contribution is 2.34. The molecule has 1 aliphatic carbocycles. The fraction of sp³-hybridized carbons (Fsp3) is 0.476. The molecule has 0 amide bonds. The monoisotopic (exact) mass is 355 g/mol. The molecule has 138 valence electrons. The van der Waals surface area contributed by atoms with Gasteiger partial charge < -0.3 is 15.0 Å². The van der Waals surface area contributed by atoms with Crippen molar-refractivity contribution < 1.29 is 9.13 Å². The van der Waals surface area contributed by atoms with Gasteiger partial charge in [-0.3, -0.25) is 0 Å². The van der Waals surface area contributed by atoms with Crippen LogP contribution in [0.25, 0.3) is 0 Å². The van der Waals surface area contributed by atoms with E-state index in [0.717, 1.165) is 63.4 Å². The van der Waals surface area contributed by atoms with Crippen LogP contribution in [0.2, 0.25) is 0 Å². The molecule has 2 aliphatic rings. The zero-order valence-corrected chi connectivity index (χ0v) is 15.0. The Labute approximate surface area is 154 Å². The maximum atomic E-state index is 13.5. The number of pyridine rings is 1. The number of hydrogen-bond acceptors (Lipinski definition) is 4. The van der Waals surface area contributed by atoms with Crippen LogP contribution in [0.3, 0.4) is 0 Å². The van der Waals surface area contributed by atoms with E-state index in [2.05, 4.69) is 27.3 Å². The zero-order chi connectivity index (χ0) is 17.8. The first-order chi connectivity index (χ1) is 12.8. The van der Waals surface area contributed by atoms with Gasteiger partial charge in [-0.25, -0.2) is 9.37 Å². The molecule has 0 bridgehead atoms. The molecule has 2 fully saturated rings. The van der Waals surface area contributed by atoms with Crippen molar-refractivity contribution in [1.29, 1.82) is 0 Å². The molecule has 0 radical (unpaired) electrons. The van der Waals surface area contributed by atoms with Crippen LogP contribution in [0.4, 0.5) is 15.9 Å². The predicted molar refractivity (Wildman–Crippen MR) is 102 cm³/mol. The van der Waals surface area contributed by atoms with Crippen molar-refractivity contribution in [2.24, 2.45) is 0 Å². The summed E-state index contributed by atoms with van der Waals surface area (Å²) < 4.78 is 19.0. The van der Waals surface area contributed by atoms with E-state index in [9.17, 15) is 4.39 Å². The standard InChI is InChI=1S/C21H26FN3O/c22-18-5-1-3-16(13-18)17-4-2-6-19(14-17)24-21-15-20(7-8-23-21)25-9-11-26-12-10-25/h1,3,5,7-8,13,15,17,19H,2,4,6,9-12,14H2,(H,23,24)/t17-,19+/m0/s1. The number of aromatic nitrogens is 1. The SMILES string of the molecule is Fc1cccc([C@H]2CCC[C@@H](Nc3cc(N4CCOCC4)ccn3)C2)c1. The lowest BCUT2D eigenvalue weighted by Gasteiger charge is -2.31. The Morgan fingerprint density at radius 1 is 1.12 bits per heavy atom. The molecule has 4 rings (SSSR count). The molecule has 1 aromatic carbocycles. The number of ether oxygens (including phenoxy) is 1. The van der Waals surface area contributed by atoms with Crippen molar-refractivity contribution in [2.75, 3.05) is 36.5 Å². The Morgan fingerprint density at radius 2 is 2.00 bits per heavy atom. The zero-order valence-electron chi connectivity index (χ0n) is 15.0. The third-order valence-corrected chi connectivity index (χ3v) is 5.47. The van der Waals surface area contributed by atoms with Crippen LogP contribution >= 0.6 is 0 Å². The highest BCUT2D eigenvalue weighted by atomic mass is 19.1. The van der Waals surface area contributed by atoms with Crippen molar-refractivity contribution in [3.63, 3.8) is 0 Å². The van der Waals surface area contributed by atoms with E-state index in [1.54, 1.807) is 6.07 Å². The predicted octanol–water partition coefficient (Wildman–Crippen LogP) is 4.20. The molecule has 1 saturated heterocycles. The van der Waals surface area contributed by atoms with E-state index in [4.69, 9.17) is 4.74 Å².